The second-order valence-electron chi connectivity index (χ2n) is 9.94. The van der Waals surface area contributed by atoms with Crippen LogP contribution >= 0.6 is 8.25 Å². The van der Waals surface area contributed by atoms with Gasteiger partial charge < -0.3 is 31.6 Å². The van der Waals surface area contributed by atoms with Gasteiger partial charge in [-0.15, -0.1) is 0 Å². The number of rotatable bonds is 14. The molecule has 2 amide bonds. The Hall–Kier alpha value is -2.04. The molecule has 0 fully saturated rings. The van der Waals surface area contributed by atoms with Gasteiger partial charge in [-0.2, -0.15) is 0 Å². The lowest BCUT2D eigenvalue weighted by molar-refractivity contribution is -0.122. The van der Waals surface area contributed by atoms with E-state index in [4.69, 9.17) is 30.0 Å². The number of nitrogens with two attached hydrogens (primary N) is 2. The quantitative estimate of drug-likeness (QED) is 0.235. The van der Waals surface area contributed by atoms with Crippen LogP contribution in [0.1, 0.15) is 80.1 Å². The van der Waals surface area contributed by atoms with Crippen molar-refractivity contribution in [3.8, 4) is 0 Å². The molecular formula is C26H46N4O7P+. The zero-order valence-electron chi connectivity index (χ0n) is 23.5. The number of carbonyl (C=O) groups is 2. The van der Waals surface area contributed by atoms with Crippen molar-refractivity contribution in [3.05, 3.63) is 23.7 Å². The van der Waals surface area contributed by atoms with Crippen molar-refractivity contribution in [1.82, 2.24) is 10.6 Å². The molecule has 0 aromatic rings. The van der Waals surface area contributed by atoms with Crippen LogP contribution in [0.3, 0.4) is 0 Å². The molecule has 2 aliphatic carbocycles. The number of amides is 2. The minimum atomic E-state index is -2.60. The van der Waals surface area contributed by atoms with Crippen LogP contribution < -0.4 is 22.1 Å². The Morgan fingerprint density at radius 2 is 1.16 bits per heavy atom. The van der Waals surface area contributed by atoms with E-state index in [1.165, 1.54) is 13.8 Å². The number of hydrogen-bond acceptors (Lipinski definition) is 9. The fourth-order valence-electron chi connectivity index (χ4n) is 4.76. The minimum Gasteiger partial charge on any atom is -0.369 e. The van der Waals surface area contributed by atoms with Gasteiger partial charge in [-0.1, -0.05) is 27.7 Å². The number of hydrogen-bond donors (Lipinski definition) is 4. The summed E-state index contributed by atoms with van der Waals surface area (Å²) in [5, 5.41) is 5.73. The molecule has 6 atom stereocenters. The van der Waals surface area contributed by atoms with Gasteiger partial charge in [0.1, 0.15) is 12.2 Å². The maximum Gasteiger partial charge on any atom is 0.804 e. The number of carbonyl (C=O) groups excluding carboxylic acids is 2. The predicted molar refractivity (Wildman–Crippen MR) is 145 cm³/mol. The Labute approximate surface area is 227 Å². The van der Waals surface area contributed by atoms with E-state index in [1.807, 2.05) is 27.7 Å². The first kappa shape index (κ1) is 32.2. The molecule has 0 spiro atoms. The van der Waals surface area contributed by atoms with Crippen molar-refractivity contribution >= 4 is 20.1 Å². The standard InChI is InChI=1S/C26H45N4O7P/c1-7-17(8-2)34-23-13-19(11-21(27)25(23)29-15(5)31)36-38(33)37-20-12-22(28)26(30-16(6)32)24(14-20)35-18(9-3)10-4/h13-14,17-18,21-26H,7-12,27-28H2,1-6H3,(H-,29,30,31,32)/p+1/t21-,22-,23+,24+,25+,26+/m0/s1. The van der Waals surface area contributed by atoms with E-state index in [0.717, 1.165) is 25.7 Å². The van der Waals surface area contributed by atoms with Crippen LogP contribution in [0.2, 0.25) is 0 Å². The lowest BCUT2D eigenvalue weighted by Gasteiger charge is -2.36. The molecule has 0 radical (unpaired) electrons. The molecule has 11 nitrogen and oxygen atoms in total. The molecule has 0 saturated carbocycles. The highest BCUT2D eigenvalue weighted by Gasteiger charge is 2.41. The summed E-state index contributed by atoms with van der Waals surface area (Å²) in [5.41, 5.74) is 12.7. The third-order valence-electron chi connectivity index (χ3n) is 6.85. The summed E-state index contributed by atoms with van der Waals surface area (Å²) in [7, 11) is -2.60. The Kier molecular flexibility index (Phi) is 13.1. The van der Waals surface area contributed by atoms with Crippen LogP contribution in [-0.4, -0.2) is 60.4 Å². The van der Waals surface area contributed by atoms with Gasteiger partial charge in [-0.3, -0.25) is 9.59 Å². The van der Waals surface area contributed by atoms with E-state index in [1.54, 1.807) is 12.2 Å². The van der Waals surface area contributed by atoms with Gasteiger partial charge in [0, 0.05) is 43.3 Å². The lowest BCUT2D eigenvalue weighted by Crippen LogP contribution is -2.56. The zero-order chi connectivity index (χ0) is 28.4. The van der Waals surface area contributed by atoms with Crippen LogP contribution in [0.15, 0.2) is 23.7 Å². The Bertz CT molecular complexity index is 808. The number of nitrogens with one attached hydrogen (secondary N) is 2. The molecule has 0 aromatic carbocycles. The molecule has 0 saturated heterocycles. The molecule has 2 aliphatic rings. The van der Waals surface area contributed by atoms with E-state index in [0.29, 0.717) is 11.5 Å². The molecule has 216 valence electrons. The maximum absolute atomic E-state index is 12.9. The third kappa shape index (κ3) is 9.61. The first-order valence-electron chi connectivity index (χ1n) is 13.6. The van der Waals surface area contributed by atoms with Gasteiger partial charge in [-0.05, 0) is 37.8 Å². The molecule has 12 heteroatoms. The van der Waals surface area contributed by atoms with Crippen LogP contribution in [0, 0.1) is 0 Å². The minimum absolute atomic E-state index is 0.0264. The average Bonchev–Trinajstić information content (AvgIpc) is 2.84. The summed E-state index contributed by atoms with van der Waals surface area (Å²) >= 11 is 0. The molecule has 0 aliphatic heterocycles. The third-order valence-corrected chi connectivity index (χ3v) is 7.62. The first-order chi connectivity index (χ1) is 18.0. The molecule has 6 N–H and O–H groups in total. The van der Waals surface area contributed by atoms with Gasteiger partial charge in [0.25, 0.3) is 0 Å². The second kappa shape index (κ2) is 15.5. The molecule has 0 aromatic heterocycles. The van der Waals surface area contributed by atoms with Crippen molar-refractivity contribution in [2.24, 2.45) is 11.5 Å². The van der Waals surface area contributed by atoms with E-state index in [2.05, 4.69) is 10.6 Å². The Balaban J connectivity index is 2.18. The fourth-order valence-corrected chi connectivity index (χ4v) is 5.45. The largest absolute Gasteiger partial charge is 0.804 e. The Morgan fingerprint density at radius 1 is 0.816 bits per heavy atom. The van der Waals surface area contributed by atoms with E-state index >= 15 is 0 Å². The summed E-state index contributed by atoms with van der Waals surface area (Å²) in [6, 6.07) is -1.88. The van der Waals surface area contributed by atoms with E-state index < -0.39 is 44.6 Å². The zero-order valence-corrected chi connectivity index (χ0v) is 24.4. The molecule has 2 rings (SSSR count). The van der Waals surface area contributed by atoms with Crippen molar-refractivity contribution in [2.75, 3.05) is 0 Å². The van der Waals surface area contributed by atoms with Gasteiger partial charge in [0.05, 0.1) is 24.3 Å². The maximum atomic E-state index is 12.9. The van der Waals surface area contributed by atoms with Crippen LogP contribution in [0.5, 0.6) is 0 Å². The molecular weight excluding hydrogens is 511 g/mol. The average molecular weight is 558 g/mol. The molecule has 0 unspecified atom stereocenters. The van der Waals surface area contributed by atoms with E-state index in [9.17, 15) is 14.2 Å². The first-order valence-corrected chi connectivity index (χ1v) is 14.7. The monoisotopic (exact) mass is 557 g/mol. The van der Waals surface area contributed by atoms with Crippen LogP contribution in [-0.2, 0) is 32.7 Å². The summed E-state index contributed by atoms with van der Waals surface area (Å²) < 4.78 is 36.6. The van der Waals surface area contributed by atoms with E-state index in [-0.39, 0.29) is 36.9 Å². The van der Waals surface area contributed by atoms with Crippen LogP contribution in [0.25, 0.3) is 0 Å². The topological polar surface area (TPSA) is 164 Å². The predicted octanol–water partition coefficient (Wildman–Crippen LogP) is 3.06. The Morgan fingerprint density at radius 3 is 1.45 bits per heavy atom. The second-order valence-corrected chi connectivity index (χ2v) is 10.8. The highest BCUT2D eigenvalue weighted by Crippen LogP contribution is 2.38. The molecule has 0 bridgehead atoms. The summed E-state index contributed by atoms with van der Waals surface area (Å²) in [6.07, 6.45) is 5.99. The number of ether oxygens (including phenoxy) is 2. The molecule has 0 heterocycles. The highest BCUT2D eigenvalue weighted by atomic mass is 31.1. The molecule has 38 heavy (non-hydrogen) atoms. The smallest absolute Gasteiger partial charge is 0.369 e. The van der Waals surface area contributed by atoms with Crippen molar-refractivity contribution in [3.63, 3.8) is 0 Å². The fraction of sp³-hybridized carbons (Fsp3) is 0.769. The van der Waals surface area contributed by atoms with Crippen molar-refractivity contribution in [2.45, 2.75) is 129 Å². The van der Waals surface area contributed by atoms with Crippen LogP contribution in [0.4, 0.5) is 0 Å². The van der Waals surface area contributed by atoms with Gasteiger partial charge in [0.15, 0.2) is 11.5 Å². The summed E-state index contributed by atoms with van der Waals surface area (Å²) in [4.78, 5) is 23.5. The highest BCUT2D eigenvalue weighted by molar-refractivity contribution is 7.33. The van der Waals surface area contributed by atoms with Crippen molar-refractivity contribution in [1.29, 1.82) is 0 Å². The SMILES string of the molecule is CCC(CC)O[C@@H]1C=C(O[P+](=O)OC2=C[C@@H](OC(CC)CC)[C@H](NC(C)=O)[C@@H](N)C2)C[C@H](N)[C@H]1NC(C)=O. The summed E-state index contributed by atoms with van der Waals surface area (Å²) in [5.74, 6) is 0.328. The summed E-state index contributed by atoms with van der Waals surface area (Å²) in [6.45, 7) is 11.0. The van der Waals surface area contributed by atoms with Gasteiger partial charge in [0.2, 0.25) is 11.8 Å². The van der Waals surface area contributed by atoms with Gasteiger partial charge >= 0.3 is 8.25 Å². The normalized spacial score (nSPS) is 27.4. The lowest BCUT2D eigenvalue weighted by atomic mass is 9.92. The van der Waals surface area contributed by atoms with Crippen molar-refractivity contribution < 1.29 is 32.7 Å². The van der Waals surface area contributed by atoms with Gasteiger partial charge in [-0.25, -0.2) is 9.05 Å².